The fourth-order valence-electron chi connectivity index (χ4n) is 1.87. The van der Waals surface area contributed by atoms with Gasteiger partial charge in [0.15, 0.2) is 5.75 Å². The summed E-state index contributed by atoms with van der Waals surface area (Å²) in [6.45, 7) is 7.25. The van der Waals surface area contributed by atoms with Gasteiger partial charge < -0.3 is 4.74 Å². The molecule has 0 atom stereocenters. The predicted molar refractivity (Wildman–Crippen MR) is 97.8 cm³/mol. The van der Waals surface area contributed by atoms with E-state index in [4.69, 9.17) is 27.9 Å². The second kappa shape index (κ2) is 7.68. The van der Waals surface area contributed by atoms with E-state index >= 15 is 0 Å². The van der Waals surface area contributed by atoms with Crippen LogP contribution in [0.5, 0.6) is 5.75 Å². The number of hydrogen-bond donors (Lipinski definition) is 2. The van der Waals surface area contributed by atoms with Crippen LogP contribution in [-0.2, 0) is 0 Å². The molecule has 2 aromatic rings. The molecule has 0 bridgehead atoms. The van der Waals surface area contributed by atoms with Gasteiger partial charge in [0.25, 0.3) is 5.56 Å². The van der Waals surface area contributed by atoms with E-state index in [1.165, 1.54) is 6.21 Å². The molecule has 0 amide bonds. The monoisotopic (exact) mass is 368 g/mol. The maximum absolute atomic E-state index is 11.7. The normalized spacial score (nSPS) is 11.3. The van der Waals surface area contributed by atoms with E-state index in [9.17, 15) is 4.79 Å². The Bertz CT molecular complexity index is 808. The van der Waals surface area contributed by atoms with Crippen molar-refractivity contribution in [3.05, 3.63) is 49.4 Å². The molecule has 0 aliphatic heterocycles. The number of anilines is 1. The number of rotatable bonds is 5. The minimum absolute atomic E-state index is 0.0335. The van der Waals surface area contributed by atoms with Gasteiger partial charge in [-0.2, -0.15) is 5.10 Å². The largest absolute Gasteiger partial charge is 0.488 e. The zero-order valence-corrected chi connectivity index (χ0v) is 15.3. The zero-order chi connectivity index (χ0) is 17.9. The Morgan fingerprint density at radius 2 is 1.92 bits per heavy atom. The van der Waals surface area contributed by atoms with Crippen molar-refractivity contribution in [3.8, 4) is 5.75 Å². The summed E-state index contributed by atoms with van der Waals surface area (Å²) in [6.07, 6.45) is 1.49. The van der Waals surface area contributed by atoms with Crippen LogP contribution in [0.3, 0.4) is 0 Å². The van der Waals surface area contributed by atoms with E-state index in [1.807, 2.05) is 13.8 Å². The number of hydrogen-bond acceptors (Lipinski definition) is 5. The predicted octanol–water partition coefficient (Wildman–Crippen LogP) is 3.93. The summed E-state index contributed by atoms with van der Waals surface area (Å²) >= 11 is 12.4. The molecule has 0 saturated carbocycles. The van der Waals surface area contributed by atoms with E-state index in [2.05, 4.69) is 20.5 Å². The van der Waals surface area contributed by atoms with E-state index in [-0.39, 0.29) is 17.6 Å². The minimum Gasteiger partial charge on any atom is -0.488 e. The van der Waals surface area contributed by atoms with E-state index in [0.717, 1.165) is 0 Å². The molecule has 0 fully saturated rings. The lowest BCUT2D eigenvalue weighted by Crippen LogP contribution is -2.15. The Hall–Kier alpha value is -2.05. The molecule has 0 radical (unpaired) electrons. The van der Waals surface area contributed by atoms with Crippen LogP contribution in [0.4, 0.5) is 5.95 Å². The molecular formula is C16H18Cl2N4O2. The van der Waals surface area contributed by atoms with Gasteiger partial charge >= 0.3 is 0 Å². The Labute approximate surface area is 149 Å². The quantitative estimate of drug-likeness (QED) is 0.618. The van der Waals surface area contributed by atoms with Gasteiger partial charge in [0.2, 0.25) is 5.95 Å². The molecule has 2 N–H and O–H groups in total. The third kappa shape index (κ3) is 4.49. The number of hydrazone groups is 1. The van der Waals surface area contributed by atoms with Crippen molar-refractivity contribution >= 4 is 35.4 Å². The topological polar surface area (TPSA) is 79.4 Å². The first-order chi connectivity index (χ1) is 11.3. The van der Waals surface area contributed by atoms with Crippen molar-refractivity contribution in [2.75, 3.05) is 5.43 Å². The number of aromatic amines is 1. The number of aromatic nitrogens is 2. The molecule has 6 nitrogen and oxygen atoms in total. The summed E-state index contributed by atoms with van der Waals surface area (Å²) in [5.74, 6) is 0.704. The minimum atomic E-state index is -0.207. The Balaban J connectivity index is 2.17. The first-order valence-corrected chi connectivity index (χ1v) is 8.05. The van der Waals surface area contributed by atoms with Crippen LogP contribution >= 0.6 is 23.2 Å². The van der Waals surface area contributed by atoms with Crippen molar-refractivity contribution in [3.63, 3.8) is 0 Å². The van der Waals surface area contributed by atoms with Gasteiger partial charge in [-0.3, -0.25) is 9.78 Å². The summed E-state index contributed by atoms with van der Waals surface area (Å²) in [5.41, 5.74) is 4.36. The molecule has 1 aromatic carbocycles. The van der Waals surface area contributed by atoms with Crippen molar-refractivity contribution in [2.24, 2.45) is 5.10 Å². The van der Waals surface area contributed by atoms with Gasteiger partial charge in [-0.1, -0.05) is 23.2 Å². The average molecular weight is 369 g/mol. The second-order valence-corrected chi connectivity index (χ2v) is 6.29. The molecule has 0 spiro atoms. The third-order valence-corrected chi connectivity index (χ3v) is 3.71. The number of nitrogens with zero attached hydrogens (tertiary/aromatic N) is 2. The first kappa shape index (κ1) is 18.3. The van der Waals surface area contributed by atoms with Crippen molar-refractivity contribution in [2.45, 2.75) is 33.8 Å². The molecule has 0 saturated heterocycles. The summed E-state index contributed by atoms with van der Waals surface area (Å²) in [6, 6.07) is 3.37. The van der Waals surface area contributed by atoms with Gasteiger partial charge in [0.05, 0.1) is 22.4 Å². The summed E-state index contributed by atoms with van der Waals surface area (Å²) in [7, 11) is 0. The molecule has 0 aliphatic carbocycles. The smallest absolute Gasteiger partial charge is 0.255 e. The van der Waals surface area contributed by atoms with Crippen LogP contribution in [0.2, 0.25) is 10.0 Å². The third-order valence-electron chi connectivity index (χ3n) is 3.15. The molecular weight excluding hydrogens is 351 g/mol. The molecule has 0 aliphatic rings. The van der Waals surface area contributed by atoms with Crippen molar-refractivity contribution in [1.29, 1.82) is 0 Å². The Morgan fingerprint density at radius 1 is 1.29 bits per heavy atom. The van der Waals surface area contributed by atoms with Gasteiger partial charge in [-0.25, -0.2) is 10.4 Å². The van der Waals surface area contributed by atoms with Crippen LogP contribution in [-0.4, -0.2) is 22.3 Å². The standard InChI is InChI=1S/C16H18Cl2N4O2/c1-8(2)24-14-12(17)5-11(6-13(14)18)7-19-22-16-20-10(4)9(3)15(23)21-16/h5-8H,1-4H3,(H2,20,21,22,23)/b19-7-. The van der Waals surface area contributed by atoms with Crippen LogP contribution in [0.25, 0.3) is 0 Å². The highest BCUT2D eigenvalue weighted by atomic mass is 35.5. The maximum Gasteiger partial charge on any atom is 0.255 e. The molecule has 0 unspecified atom stereocenters. The second-order valence-electron chi connectivity index (χ2n) is 5.48. The molecule has 1 heterocycles. The van der Waals surface area contributed by atoms with Gasteiger partial charge in [0.1, 0.15) is 0 Å². The highest BCUT2D eigenvalue weighted by Gasteiger charge is 2.10. The molecule has 1 aromatic heterocycles. The average Bonchev–Trinajstić information content (AvgIpc) is 2.48. The first-order valence-electron chi connectivity index (χ1n) is 7.30. The lowest BCUT2D eigenvalue weighted by molar-refractivity contribution is 0.243. The number of benzene rings is 1. The van der Waals surface area contributed by atoms with Crippen molar-refractivity contribution in [1.82, 2.24) is 9.97 Å². The van der Waals surface area contributed by atoms with E-state index < -0.39 is 0 Å². The van der Waals surface area contributed by atoms with Crippen LogP contribution < -0.4 is 15.7 Å². The molecule has 8 heteroatoms. The van der Waals surface area contributed by atoms with Crippen LogP contribution in [0.15, 0.2) is 22.0 Å². The highest BCUT2D eigenvalue weighted by Crippen LogP contribution is 2.34. The summed E-state index contributed by atoms with van der Waals surface area (Å²) in [4.78, 5) is 18.5. The highest BCUT2D eigenvalue weighted by molar-refractivity contribution is 6.37. The number of ether oxygens (including phenoxy) is 1. The molecule has 2 rings (SSSR count). The molecule has 128 valence electrons. The lowest BCUT2D eigenvalue weighted by atomic mass is 10.2. The summed E-state index contributed by atoms with van der Waals surface area (Å²) < 4.78 is 5.57. The number of H-pyrrole nitrogens is 1. The number of halogens is 2. The SMILES string of the molecule is Cc1nc(N/N=C\c2cc(Cl)c(OC(C)C)c(Cl)c2)[nH]c(=O)c1C. The fourth-order valence-corrected chi connectivity index (χ4v) is 2.46. The van der Waals surface area contributed by atoms with Crippen molar-refractivity contribution < 1.29 is 4.74 Å². The van der Waals surface area contributed by atoms with Crippen LogP contribution in [0.1, 0.15) is 30.7 Å². The lowest BCUT2D eigenvalue weighted by Gasteiger charge is -2.13. The van der Waals surface area contributed by atoms with Gasteiger partial charge in [-0.15, -0.1) is 0 Å². The van der Waals surface area contributed by atoms with E-state index in [1.54, 1.807) is 26.0 Å². The zero-order valence-electron chi connectivity index (χ0n) is 13.8. The Kier molecular flexibility index (Phi) is 5.85. The van der Waals surface area contributed by atoms with Crippen LogP contribution in [0, 0.1) is 13.8 Å². The van der Waals surface area contributed by atoms with Gasteiger partial charge in [-0.05, 0) is 45.4 Å². The maximum atomic E-state index is 11.7. The molecule has 24 heavy (non-hydrogen) atoms. The van der Waals surface area contributed by atoms with Gasteiger partial charge in [0, 0.05) is 11.3 Å². The Morgan fingerprint density at radius 3 is 2.46 bits per heavy atom. The number of aryl methyl sites for hydroxylation is 1. The number of nitrogens with one attached hydrogen (secondary N) is 2. The summed E-state index contributed by atoms with van der Waals surface area (Å²) in [5, 5.41) is 4.83. The fraction of sp³-hybridized carbons (Fsp3) is 0.312. The van der Waals surface area contributed by atoms with E-state index in [0.29, 0.717) is 32.6 Å².